The molecule has 1 aliphatic carbocycles. The van der Waals surface area contributed by atoms with E-state index in [2.05, 4.69) is 11.4 Å². The summed E-state index contributed by atoms with van der Waals surface area (Å²) in [6.07, 6.45) is 6.33. The second-order valence-electron chi connectivity index (χ2n) is 4.70. The quantitative estimate of drug-likeness (QED) is 0.894. The number of hydrogen-bond acceptors (Lipinski definition) is 3. The molecule has 0 saturated carbocycles. The normalized spacial score (nSPS) is 14.4. The number of rotatable bonds is 4. The molecular formula is C16H21NO3. The van der Waals surface area contributed by atoms with Gasteiger partial charge >= 0.3 is 6.09 Å². The lowest BCUT2D eigenvalue weighted by molar-refractivity contribution is 0.168. The van der Waals surface area contributed by atoms with Gasteiger partial charge in [0.15, 0.2) is 0 Å². The average molecular weight is 275 g/mol. The Balaban J connectivity index is 2.35. The van der Waals surface area contributed by atoms with Gasteiger partial charge in [-0.1, -0.05) is 18.2 Å². The number of ether oxygens (including phenoxy) is 2. The summed E-state index contributed by atoms with van der Waals surface area (Å²) in [6, 6.07) is 5.80. The van der Waals surface area contributed by atoms with E-state index in [0.717, 1.165) is 18.4 Å². The van der Waals surface area contributed by atoms with E-state index in [1.165, 1.54) is 18.4 Å². The Labute approximate surface area is 119 Å². The number of allylic oxidation sites excluding steroid dienone is 2. The molecule has 0 bridgehead atoms. The number of anilines is 1. The molecule has 0 aromatic heterocycles. The molecule has 1 aromatic carbocycles. The highest BCUT2D eigenvalue weighted by atomic mass is 16.5. The standard InChI is InChI=1S/C16H21NO3/c1-3-20-16(18)17-15-13(10-7-11-14(15)19-2)12-8-5-4-6-9-12/h7-8,10-11H,3-6,9H2,1-2H3,(H,17,18). The fourth-order valence-corrected chi connectivity index (χ4v) is 2.45. The van der Waals surface area contributed by atoms with E-state index in [1.807, 2.05) is 18.2 Å². The predicted molar refractivity (Wildman–Crippen MR) is 80.1 cm³/mol. The van der Waals surface area contributed by atoms with E-state index in [9.17, 15) is 4.79 Å². The first-order valence-electron chi connectivity index (χ1n) is 7.06. The van der Waals surface area contributed by atoms with E-state index in [0.29, 0.717) is 18.0 Å². The number of hydrogen-bond donors (Lipinski definition) is 1. The minimum atomic E-state index is -0.449. The maximum atomic E-state index is 11.7. The lowest BCUT2D eigenvalue weighted by Gasteiger charge is -2.19. The van der Waals surface area contributed by atoms with Gasteiger partial charge in [-0.15, -0.1) is 0 Å². The van der Waals surface area contributed by atoms with Crippen molar-refractivity contribution in [1.82, 2.24) is 0 Å². The third-order valence-corrected chi connectivity index (χ3v) is 3.39. The Morgan fingerprint density at radius 1 is 1.35 bits per heavy atom. The van der Waals surface area contributed by atoms with Crippen LogP contribution in [0.3, 0.4) is 0 Å². The maximum Gasteiger partial charge on any atom is 0.411 e. The zero-order valence-corrected chi connectivity index (χ0v) is 12.1. The van der Waals surface area contributed by atoms with Crippen LogP contribution in [-0.2, 0) is 4.74 Å². The van der Waals surface area contributed by atoms with E-state index in [-0.39, 0.29) is 0 Å². The van der Waals surface area contributed by atoms with Crippen molar-refractivity contribution in [3.63, 3.8) is 0 Å². The average Bonchev–Trinajstić information content (AvgIpc) is 2.48. The van der Waals surface area contributed by atoms with Crippen LogP contribution in [0.5, 0.6) is 5.75 Å². The molecule has 0 fully saturated rings. The zero-order chi connectivity index (χ0) is 14.4. The minimum Gasteiger partial charge on any atom is -0.495 e. The second-order valence-corrected chi connectivity index (χ2v) is 4.70. The molecule has 1 amide bonds. The second kappa shape index (κ2) is 6.98. The van der Waals surface area contributed by atoms with Gasteiger partial charge in [0.2, 0.25) is 0 Å². The number of methoxy groups -OCH3 is 1. The van der Waals surface area contributed by atoms with Crippen molar-refractivity contribution in [3.8, 4) is 5.75 Å². The molecule has 0 radical (unpaired) electrons. The summed E-state index contributed by atoms with van der Waals surface area (Å²) < 4.78 is 10.3. The molecule has 0 spiro atoms. The summed E-state index contributed by atoms with van der Waals surface area (Å²) >= 11 is 0. The largest absolute Gasteiger partial charge is 0.495 e. The summed E-state index contributed by atoms with van der Waals surface area (Å²) in [7, 11) is 1.60. The Bertz CT molecular complexity index is 508. The van der Waals surface area contributed by atoms with E-state index in [4.69, 9.17) is 9.47 Å². The molecule has 0 aliphatic heterocycles. The summed E-state index contributed by atoms with van der Waals surface area (Å²) in [5, 5.41) is 2.80. The predicted octanol–water partition coefficient (Wildman–Crippen LogP) is 4.22. The summed E-state index contributed by atoms with van der Waals surface area (Å²) in [5.74, 6) is 0.655. The van der Waals surface area contributed by atoms with Gasteiger partial charge in [0.05, 0.1) is 19.4 Å². The van der Waals surface area contributed by atoms with Gasteiger partial charge in [-0.3, -0.25) is 5.32 Å². The van der Waals surface area contributed by atoms with Gasteiger partial charge < -0.3 is 9.47 Å². The van der Waals surface area contributed by atoms with Crippen molar-refractivity contribution in [1.29, 1.82) is 0 Å². The Morgan fingerprint density at radius 2 is 2.20 bits per heavy atom. The molecule has 20 heavy (non-hydrogen) atoms. The van der Waals surface area contributed by atoms with Crippen LogP contribution < -0.4 is 10.1 Å². The van der Waals surface area contributed by atoms with Crippen molar-refractivity contribution in [3.05, 3.63) is 29.8 Å². The molecule has 1 aliphatic rings. The van der Waals surface area contributed by atoms with Crippen LogP contribution in [0.1, 0.15) is 38.2 Å². The van der Waals surface area contributed by atoms with Gasteiger partial charge in [-0.2, -0.15) is 0 Å². The van der Waals surface area contributed by atoms with E-state index >= 15 is 0 Å². The molecule has 1 N–H and O–H groups in total. The van der Waals surface area contributed by atoms with E-state index in [1.54, 1.807) is 14.0 Å². The smallest absolute Gasteiger partial charge is 0.411 e. The van der Waals surface area contributed by atoms with Crippen molar-refractivity contribution in [2.75, 3.05) is 19.0 Å². The number of carbonyl (C=O) groups is 1. The monoisotopic (exact) mass is 275 g/mol. The number of amides is 1. The van der Waals surface area contributed by atoms with E-state index < -0.39 is 6.09 Å². The highest BCUT2D eigenvalue weighted by Gasteiger charge is 2.16. The minimum absolute atomic E-state index is 0.346. The van der Waals surface area contributed by atoms with Crippen molar-refractivity contribution < 1.29 is 14.3 Å². The van der Waals surface area contributed by atoms with Gasteiger partial charge in [0.25, 0.3) is 0 Å². The molecule has 1 aromatic rings. The molecule has 0 atom stereocenters. The molecule has 0 heterocycles. The number of benzene rings is 1. The van der Waals surface area contributed by atoms with Crippen molar-refractivity contribution in [2.24, 2.45) is 0 Å². The van der Waals surface area contributed by atoms with Crippen LogP contribution in [0.25, 0.3) is 5.57 Å². The molecule has 0 unspecified atom stereocenters. The Kier molecular flexibility index (Phi) is 5.04. The van der Waals surface area contributed by atoms with Crippen LogP contribution in [0.15, 0.2) is 24.3 Å². The van der Waals surface area contributed by atoms with Gasteiger partial charge in [-0.05, 0) is 44.2 Å². The molecule has 0 saturated heterocycles. The SMILES string of the molecule is CCOC(=O)Nc1c(OC)cccc1C1=CCCCC1. The first-order chi connectivity index (χ1) is 9.76. The van der Waals surface area contributed by atoms with Crippen molar-refractivity contribution >= 4 is 17.4 Å². The highest BCUT2D eigenvalue weighted by molar-refractivity contribution is 5.92. The summed E-state index contributed by atoms with van der Waals surface area (Å²) in [5.41, 5.74) is 2.99. The van der Waals surface area contributed by atoms with Crippen LogP contribution >= 0.6 is 0 Å². The van der Waals surface area contributed by atoms with Crippen LogP contribution in [-0.4, -0.2) is 19.8 Å². The number of para-hydroxylation sites is 1. The Hall–Kier alpha value is -1.97. The molecule has 108 valence electrons. The first kappa shape index (κ1) is 14.4. The van der Waals surface area contributed by atoms with Crippen LogP contribution in [0.2, 0.25) is 0 Å². The molecule has 4 nitrogen and oxygen atoms in total. The van der Waals surface area contributed by atoms with Crippen molar-refractivity contribution in [2.45, 2.75) is 32.6 Å². The van der Waals surface area contributed by atoms with Crippen LogP contribution in [0, 0.1) is 0 Å². The Morgan fingerprint density at radius 3 is 2.85 bits per heavy atom. The van der Waals surface area contributed by atoms with Gasteiger partial charge in [-0.25, -0.2) is 4.79 Å². The summed E-state index contributed by atoms with van der Waals surface area (Å²) in [6.45, 7) is 2.13. The third-order valence-electron chi connectivity index (χ3n) is 3.39. The third kappa shape index (κ3) is 3.32. The topological polar surface area (TPSA) is 47.6 Å². The lowest BCUT2D eigenvalue weighted by Crippen LogP contribution is -2.15. The van der Waals surface area contributed by atoms with Crippen LogP contribution in [0.4, 0.5) is 10.5 Å². The molecular weight excluding hydrogens is 254 g/mol. The van der Waals surface area contributed by atoms with Gasteiger partial charge in [0.1, 0.15) is 5.75 Å². The zero-order valence-electron chi connectivity index (χ0n) is 12.1. The molecule has 4 heteroatoms. The van der Waals surface area contributed by atoms with Gasteiger partial charge in [0, 0.05) is 5.56 Å². The fourth-order valence-electron chi connectivity index (χ4n) is 2.45. The summed E-state index contributed by atoms with van der Waals surface area (Å²) in [4.78, 5) is 11.7. The fraction of sp³-hybridized carbons (Fsp3) is 0.438. The number of carbonyl (C=O) groups excluding carboxylic acids is 1. The number of nitrogens with one attached hydrogen (secondary N) is 1. The maximum absolute atomic E-state index is 11.7. The first-order valence-corrected chi connectivity index (χ1v) is 7.06. The lowest BCUT2D eigenvalue weighted by atomic mass is 9.92. The molecule has 2 rings (SSSR count). The highest BCUT2D eigenvalue weighted by Crippen LogP contribution is 2.37.